The van der Waals surface area contributed by atoms with Gasteiger partial charge < -0.3 is 14.0 Å². The first-order valence-electron chi connectivity index (χ1n) is 6.28. The molecule has 0 aliphatic carbocycles. The summed E-state index contributed by atoms with van der Waals surface area (Å²) in [5.74, 6) is 1.94. The van der Waals surface area contributed by atoms with Crippen molar-refractivity contribution in [3.05, 3.63) is 30.2 Å². The molecule has 0 saturated carbocycles. The van der Waals surface area contributed by atoms with E-state index in [-0.39, 0.29) is 0 Å². The highest BCUT2D eigenvalue weighted by Gasteiger charge is 2.29. The lowest BCUT2D eigenvalue weighted by atomic mass is 10.2. The number of thioether (sulfide) groups is 1. The van der Waals surface area contributed by atoms with E-state index in [9.17, 15) is 9.90 Å². The molecule has 1 atom stereocenters. The number of hydrogen-bond donors (Lipinski definition) is 1. The number of hydrogen-bond acceptors (Lipinski definition) is 6. The van der Waals surface area contributed by atoms with Gasteiger partial charge in [0.05, 0.1) is 12.0 Å². The first kappa shape index (κ1) is 13.3. The van der Waals surface area contributed by atoms with Crippen LogP contribution in [0.4, 0.5) is 0 Å². The minimum Gasteiger partial charge on any atom is -0.480 e. The van der Waals surface area contributed by atoms with Crippen molar-refractivity contribution in [2.75, 3.05) is 18.1 Å². The van der Waals surface area contributed by atoms with Gasteiger partial charge in [0, 0.05) is 30.7 Å². The smallest absolute Gasteiger partial charge is 0.321 e. The molecule has 2 aromatic heterocycles. The van der Waals surface area contributed by atoms with Gasteiger partial charge in [-0.1, -0.05) is 5.16 Å². The third-order valence-corrected chi connectivity index (χ3v) is 4.24. The van der Waals surface area contributed by atoms with Gasteiger partial charge in [0.15, 0.2) is 5.76 Å². The molecule has 1 aliphatic heterocycles. The summed E-state index contributed by atoms with van der Waals surface area (Å²) >= 11 is 1.67. The highest BCUT2D eigenvalue weighted by atomic mass is 32.2. The molecule has 0 bridgehead atoms. The van der Waals surface area contributed by atoms with Crippen molar-refractivity contribution in [3.63, 3.8) is 0 Å². The second kappa shape index (κ2) is 5.72. The fraction of sp³-hybridized carbons (Fsp3) is 0.385. The van der Waals surface area contributed by atoms with Crippen LogP contribution in [0.1, 0.15) is 5.69 Å². The topological polar surface area (TPSA) is 79.7 Å². The van der Waals surface area contributed by atoms with E-state index in [4.69, 9.17) is 8.94 Å². The highest BCUT2D eigenvalue weighted by molar-refractivity contribution is 7.99. The van der Waals surface area contributed by atoms with Gasteiger partial charge in [0.25, 0.3) is 0 Å². The van der Waals surface area contributed by atoms with Crippen LogP contribution in [0.3, 0.4) is 0 Å². The molecule has 1 aliphatic rings. The Morgan fingerprint density at radius 1 is 1.55 bits per heavy atom. The zero-order valence-electron chi connectivity index (χ0n) is 10.7. The monoisotopic (exact) mass is 294 g/mol. The predicted molar refractivity (Wildman–Crippen MR) is 73.4 cm³/mol. The number of aromatic nitrogens is 1. The Balaban J connectivity index is 1.72. The lowest BCUT2D eigenvalue weighted by Gasteiger charge is -2.31. The summed E-state index contributed by atoms with van der Waals surface area (Å²) < 4.78 is 10.5. The zero-order chi connectivity index (χ0) is 13.9. The number of carbonyl (C=O) groups is 1. The number of aliphatic carboxylic acids is 1. The Morgan fingerprint density at radius 2 is 2.45 bits per heavy atom. The van der Waals surface area contributed by atoms with Crippen LogP contribution in [0.5, 0.6) is 0 Å². The van der Waals surface area contributed by atoms with Gasteiger partial charge in [-0.15, -0.1) is 0 Å². The molecule has 0 radical (unpaired) electrons. The molecule has 0 aromatic carbocycles. The number of carboxylic acids is 1. The van der Waals surface area contributed by atoms with E-state index in [0.717, 1.165) is 18.0 Å². The molecule has 7 heteroatoms. The predicted octanol–water partition coefficient (Wildman–Crippen LogP) is 1.94. The molecule has 1 unspecified atom stereocenters. The van der Waals surface area contributed by atoms with Gasteiger partial charge >= 0.3 is 5.97 Å². The second-order valence-electron chi connectivity index (χ2n) is 4.56. The molecule has 1 N–H and O–H groups in total. The van der Waals surface area contributed by atoms with Gasteiger partial charge in [-0.25, -0.2) is 0 Å². The van der Waals surface area contributed by atoms with Crippen molar-refractivity contribution in [3.8, 4) is 11.5 Å². The SMILES string of the molecule is O=C(O)C1CSCCN1Cc1cc(-c2ccco2)on1. The molecule has 2 aromatic rings. The van der Waals surface area contributed by atoms with Crippen LogP contribution in [-0.4, -0.2) is 45.2 Å². The van der Waals surface area contributed by atoms with Crippen molar-refractivity contribution in [1.82, 2.24) is 10.1 Å². The van der Waals surface area contributed by atoms with E-state index < -0.39 is 12.0 Å². The molecule has 106 valence electrons. The molecule has 3 heterocycles. The van der Waals surface area contributed by atoms with Crippen molar-refractivity contribution in [1.29, 1.82) is 0 Å². The van der Waals surface area contributed by atoms with Crippen molar-refractivity contribution in [2.24, 2.45) is 0 Å². The maximum atomic E-state index is 11.2. The van der Waals surface area contributed by atoms with Gasteiger partial charge in [0.1, 0.15) is 6.04 Å². The fourth-order valence-corrected chi connectivity index (χ4v) is 3.29. The lowest BCUT2D eigenvalue weighted by Crippen LogP contribution is -2.46. The van der Waals surface area contributed by atoms with E-state index in [1.165, 1.54) is 0 Å². The first-order chi connectivity index (χ1) is 9.74. The van der Waals surface area contributed by atoms with Crippen LogP contribution in [-0.2, 0) is 11.3 Å². The summed E-state index contributed by atoms with van der Waals surface area (Å²) in [5, 5.41) is 13.2. The largest absolute Gasteiger partial charge is 0.480 e. The van der Waals surface area contributed by atoms with Gasteiger partial charge in [-0.2, -0.15) is 11.8 Å². The minimum absolute atomic E-state index is 0.461. The summed E-state index contributed by atoms with van der Waals surface area (Å²) in [6, 6.07) is 4.90. The summed E-state index contributed by atoms with van der Waals surface area (Å²) in [4.78, 5) is 13.2. The van der Waals surface area contributed by atoms with E-state index in [1.54, 1.807) is 36.2 Å². The van der Waals surface area contributed by atoms with Crippen molar-refractivity contribution in [2.45, 2.75) is 12.6 Å². The molecular formula is C13H14N2O4S. The average Bonchev–Trinajstić information content (AvgIpc) is 3.09. The molecule has 20 heavy (non-hydrogen) atoms. The Kier molecular flexibility index (Phi) is 3.79. The van der Waals surface area contributed by atoms with Crippen LogP contribution < -0.4 is 0 Å². The average molecular weight is 294 g/mol. The maximum Gasteiger partial charge on any atom is 0.321 e. The number of nitrogens with zero attached hydrogens (tertiary/aromatic N) is 2. The minimum atomic E-state index is -0.785. The molecule has 6 nitrogen and oxygen atoms in total. The highest BCUT2D eigenvalue weighted by Crippen LogP contribution is 2.23. The Labute approximate surface area is 119 Å². The fourth-order valence-electron chi connectivity index (χ4n) is 2.18. The van der Waals surface area contributed by atoms with Crippen LogP contribution in [0.15, 0.2) is 33.4 Å². The first-order valence-corrected chi connectivity index (χ1v) is 7.43. The van der Waals surface area contributed by atoms with Gasteiger partial charge in [-0.05, 0) is 12.1 Å². The molecule has 0 spiro atoms. The standard InChI is InChI=1S/C13H14N2O4S/c16-13(17)10-8-20-5-3-15(10)7-9-6-12(19-14-9)11-2-1-4-18-11/h1-2,4,6,10H,3,5,7-8H2,(H,16,17). The van der Waals surface area contributed by atoms with Crippen molar-refractivity contribution < 1.29 is 18.8 Å². The number of furan rings is 1. The Bertz CT molecular complexity index is 581. The Hall–Kier alpha value is -1.73. The number of rotatable bonds is 4. The molecule has 1 fully saturated rings. The Morgan fingerprint density at radius 3 is 3.20 bits per heavy atom. The van der Waals surface area contributed by atoms with Crippen LogP contribution in [0, 0.1) is 0 Å². The normalized spacial score (nSPS) is 20.1. The van der Waals surface area contributed by atoms with Crippen LogP contribution in [0.25, 0.3) is 11.5 Å². The quantitative estimate of drug-likeness (QED) is 0.923. The van der Waals surface area contributed by atoms with Gasteiger partial charge in [0.2, 0.25) is 5.76 Å². The summed E-state index contributed by atoms with van der Waals surface area (Å²) in [6.07, 6.45) is 1.57. The maximum absolute atomic E-state index is 11.2. The molecular weight excluding hydrogens is 280 g/mol. The van der Waals surface area contributed by atoms with Crippen LogP contribution >= 0.6 is 11.8 Å². The van der Waals surface area contributed by atoms with E-state index >= 15 is 0 Å². The summed E-state index contributed by atoms with van der Waals surface area (Å²) in [5.41, 5.74) is 0.717. The molecule has 1 saturated heterocycles. The van der Waals surface area contributed by atoms with Crippen molar-refractivity contribution >= 4 is 17.7 Å². The zero-order valence-corrected chi connectivity index (χ0v) is 11.5. The summed E-state index contributed by atoms with van der Waals surface area (Å²) in [6.45, 7) is 1.21. The van der Waals surface area contributed by atoms with E-state index in [2.05, 4.69) is 5.16 Å². The lowest BCUT2D eigenvalue weighted by molar-refractivity contribution is -0.142. The second-order valence-corrected chi connectivity index (χ2v) is 5.71. The third-order valence-electron chi connectivity index (χ3n) is 3.21. The van der Waals surface area contributed by atoms with Gasteiger partial charge in [-0.3, -0.25) is 9.69 Å². The molecule has 0 amide bonds. The van der Waals surface area contributed by atoms with Crippen LogP contribution in [0.2, 0.25) is 0 Å². The molecule has 3 rings (SSSR count). The summed E-state index contributed by atoms with van der Waals surface area (Å²) in [7, 11) is 0. The third kappa shape index (κ3) is 2.73. The number of carboxylic acid groups (broad SMARTS) is 1. The van der Waals surface area contributed by atoms with E-state index in [0.29, 0.717) is 23.8 Å². The van der Waals surface area contributed by atoms with E-state index in [1.807, 2.05) is 4.90 Å².